The van der Waals surface area contributed by atoms with Gasteiger partial charge in [-0.1, -0.05) is 0 Å². The van der Waals surface area contributed by atoms with Crippen LogP contribution in [0, 0.1) is 0 Å². The highest BCUT2D eigenvalue weighted by Gasteiger charge is 2.29. The van der Waals surface area contributed by atoms with E-state index in [0.29, 0.717) is 12.6 Å². The predicted molar refractivity (Wildman–Crippen MR) is 59.0 cm³/mol. The number of aliphatic hydroxyl groups is 1. The summed E-state index contributed by atoms with van der Waals surface area (Å²) >= 11 is 0. The second-order valence-electron chi connectivity index (χ2n) is 3.66. The summed E-state index contributed by atoms with van der Waals surface area (Å²) in [6, 6.07) is 0.540. The van der Waals surface area contributed by atoms with E-state index >= 15 is 0 Å². The Morgan fingerprint density at radius 3 is 2.93 bits per heavy atom. The molecule has 1 aliphatic carbocycles. The molecule has 0 amide bonds. The van der Waals surface area contributed by atoms with Crippen LogP contribution < -0.4 is 10.2 Å². The molecule has 1 fully saturated rings. The maximum atomic E-state index is 9.00. The van der Waals surface area contributed by atoms with Gasteiger partial charge in [0.15, 0.2) is 0 Å². The standard InChI is InChI=1S/C10H16N4O/c1-11-9-6-12-7-10(13-9)14(4-5-15)8-2-3-8/h6-8,15H,2-5H2,1H3,(H,11,13). The Morgan fingerprint density at radius 1 is 1.53 bits per heavy atom. The van der Waals surface area contributed by atoms with Crippen molar-refractivity contribution in [2.45, 2.75) is 18.9 Å². The molecule has 0 aromatic carbocycles. The summed E-state index contributed by atoms with van der Waals surface area (Å²) in [6.45, 7) is 0.786. The van der Waals surface area contributed by atoms with E-state index in [4.69, 9.17) is 5.11 Å². The van der Waals surface area contributed by atoms with Crippen molar-refractivity contribution in [2.75, 3.05) is 30.4 Å². The molecule has 0 saturated heterocycles. The zero-order valence-electron chi connectivity index (χ0n) is 8.85. The smallest absolute Gasteiger partial charge is 0.149 e. The van der Waals surface area contributed by atoms with Crippen molar-refractivity contribution in [3.8, 4) is 0 Å². The maximum absolute atomic E-state index is 9.00. The van der Waals surface area contributed by atoms with Gasteiger partial charge in [0, 0.05) is 19.6 Å². The minimum Gasteiger partial charge on any atom is -0.395 e. The fourth-order valence-electron chi connectivity index (χ4n) is 1.59. The van der Waals surface area contributed by atoms with Crippen LogP contribution in [-0.2, 0) is 0 Å². The zero-order chi connectivity index (χ0) is 10.7. The van der Waals surface area contributed by atoms with Crippen molar-refractivity contribution >= 4 is 11.6 Å². The molecule has 2 rings (SSSR count). The first kappa shape index (κ1) is 10.2. The number of hydrogen-bond acceptors (Lipinski definition) is 5. The molecule has 1 heterocycles. The topological polar surface area (TPSA) is 61.3 Å². The van der Waals surface area contributed by atoms with E-state index in [0.717, 1.165) is 11.6 Å². The number of nitrogens with zero attached hydrogens (tertiary/aromatic N) is 3. The summed E-state index contributed by atoms with van der Waals surface area (Å²) in [5, 5.41) is 12.0. The lowest BCUT2D eigenvalue weighted by molar-refractivity contribution is 0.301. The number of rotatable bonds is 5. The van der Waals surface area contributed by atoms with Crippen molar-refractivity contribution in [1.29, 1.82) is 0 Å². The van der Waals surface area contributed by atoms with Gasteiger partial charge in [0.2, 0.25) is 0 Å². The predicted octanol–water partition coefficient (Wildman–Crippen LogP) is 0.479. The Labute approximate surface area is 89.2 Å². The average molecular weight is 208 g/mol. The van der Waals surface area contributed by atoms with Crippen LogP contribution in [0.3, 0.4) is 0 Å². The van der Waals surface area contributed by atoms with Gasteiger partial charge >= 0.3 is 0 Å². The SMILES string of the molecule is CNc1cncc(N(CCO)C2CC2)n1. The van der Waals surface area contributed by atoms with Crippen molar-refractivity contribution in [3.63, 3.8) is 0 Å². The van der Waals surface area contributed by atoms with Gasteiger partial charge in [-0.25, -0.2) is 4.98 Å². The highest BCUT2D eigenvalue weighted by molar-refractivity contribution is 5.45. The lowest BCUT2D eigenvalue weighted by atomic mass is 10.4. The normalized spacial score (nSPS) is 15.1. The van der Waals surface area contributed by atoms with Gasteiger partial charge in [0.1, 0.15) is 11.6 Å². The molecule has 0 unspecified atom stereocenters. The van der Waals surface area contributed by atoms with Gasteiger partial charge in [0.25, 0.3) is 0 Å². The van der Waals surface area contributed by atoms with Crippen LogP contribution in [0.4, 0.5) is 11.6 Å². The van der Waals surface area contributed by atoms with Gasteiger partial charge < -0.3 is 15.3 Å². The largest absolute Gasteiger partial charge is 0.395 e. The highest BCUT2D eigenvalue weighted by atomic mass is 16.3. The number of nitrogens with one attached hydrogen (secondary N) is 1. The molecule has 0 spiro atoms. The number of aromatic nitrogens is 2. The maximum Gasteiger partial charge on any atom is 0.149 e. The summed E-state index contributed by atoms with van der Waals surface area (Å²) in [6.07, 6.45) is 5.80. The molecule has 15 heavy (non-hydrogen) atoms. The lowest BCUT2D eigenvalue weighted by Gasteiger charge is -2.22. The summed E-state index contributed by atoms with van der Waals surface area (Å²) in [5.41, 5.74) is 0. The number of hydrogen-bond donors (Lipinski definition) is 2. The van der Waals surface area contributed by atoms with Crippen LogP contribution in [0.25, 0.3) is 0 Å². The third kappa shape index (κ3) is 2.36. The molecule has 5 heteroatoms. The summed E-state index contributed by atoms with van der Waals surface area (Å²) in [4.78, 5) is 10.7. The van der Waals surface area contributed by atoms with Crippen molar-refractivity contribution in [2.24, 2.45) is 0 Å². The lowest BCUT2D eigenvalue weighted by Crippen LogP contribution is -2.29. The summed E-state index contributed by atoms with van der Waals surface area (Å²) in [7, 11) is 1.82. The molecule has 1 aliphatic rings. The Balaban J connectivity index is 2.16. The van der Waals surface area contributed by atoms with Gasteiger partial charge in [-0.15, -0.1) is 0 Å². The van der Waals surface area contributed by atoms with Crippen LogP contribution >= 0.6 is 0 Å². The minimum absolute atomic E-state index is 0.155. The van der Waals surface area contributed by atoms with Crippen LogP contribution in [0.1, 0.15) is 12.8 Å². The molecule has 1 saturated carbocycles. The molecule has 5 nitrogen and oxygen atoms in total. The first-order chi connectivity index (χ1) is 7.35. The quantitative estimate of drug-likeness (QED) is 0.737. The Kier molecular flexibility index (Phi) is 3.01. The molecule has 0 atom stereocenters. The van der Waals surface area contributed by atoms with E-state index in [-0.39, 0.29) is 6.61 Å². The van der Waals surface area contributed by atoms with Crippen LogP contribution in [0.15, 0.2) is 12.4 Å². The molecule has 1 aromatic heterocycles. The first-order valence-electron chi connectivity index (χ1n) is 5.22. The summed E-state index contributed by atoms with van der Waals surface area (Å²) < 4.78 is 0. The molecule has 2 N–H and O–H groups in total. The Hall–Kier alpha value is -1.36. The summed E-state index contributed by atoms with van der Waals surface area (Å²) in [5.74, 6) is 1.61. The van der Waals surface area contributed by atoms with Crippen LogP contribution in [0.5, 0.6) is 0 Å². The molecule has 0 bridgehead atoms. The number of aliphatic hydroxyl groups excluding tert-OH is 1. The third-order valence-corrected chi connectivity index (χ3v) is 2.50. The number of anilines is 2. The van der Waals surface area contributed by atoms with Gasteiger partial charge in [-0.05, 0) is 12.8 Å². The molecule has 82 valence electrons. The Bertz CT molecular complexity index is 327. The van der Waals surface area contributed by atoms with Gasteiger partial charge in [-0.2, -0.15) is 0 Å². The Morgan fingerprint density at radius 2 is 2.33 bits per heavy atom. The fraction of sp³-hybridized carbons (Fsp3) is 0.600. The van der Waals surface area contributed by atoms with E-state index in [1.54, 1.807) is 12.4 Å². The molecule has 1 aromatic rings. The van der Waals surface area contributed by atoms with E-state index in [9.17, 15) is 0 Å². The van der Waals surface area contributed by atoms with E-state index in [2.05, 4.69) is 20.2 Å². The van der Waals surface area contributed by atoms with Gasteiger partial charge in [-0.3, -0.25) is 4.98 Å². The van der Waals surface area contributed by atoms with Crippen molar-refractivity contribution < 1.29 is 5.11 Å². The van der Waals surface area contributed by atoms with Crippen molar-refractivity contribution in [1.82, 2.24) is 9.97 Å². The first-order valence-corrected chi connectivity index (χ1v) is 5.22. The molecule has 0 aliphatic heterocycles. The van der Waals surface area contributed by atoms with Crippen molar-refractivity contribution in [3.05, 3.63) is 12.4 Å². The third-order valence-electron chi connectivity index (χ3n) is 2.50. The second-order valence-corrected chi connectivity index (χ2v) is 3.66. The molecule has 0 radical (unpaired) electrons. The monoisotopic (exact) mass is 208 g/mol. The van der Waals surface area contributed by atoms with E-state index in [1.807, 2.05) is 7.05 Å². The second kappa shape index (κ2) is 4.44. The molecular weight excluding hydrogens is 192 g/mol. The average Bonchev–Trinajstić information content (AvgIpc) is 3.10. The van der Waals surface area contributed by atoms with E-state index < -0.39 is 0 Å². The zero-order valence-corrected chi connectivity index (χ0v) is 8.85. The minimum atomic E-state index is 0.155. The van der Waals surface area contributed by atoms with E-state index in [1.165, 1.54) is 12.8 Å². The fourth-order valence-corrected chi connectivity index (χ4v) is 1.59. The van der Waals surface area contributed by atoms with Crippen LogP contribution in [0.2, 0.25) is 0 Å². The highest BCUT2D eigenvalue weighted by Crippen LogP contribution is 2.30. The van der Waals surface area contributed by atoms with Gasteiger partial charge in [0.05, 0.1) is 19.0 Å². The van der Waals surface area contributed by atoms with Crippen LogP contribution in [-0.4, -0.2) is 41.3 Å². The molecular formula is C10H16N4O.